The third-order valence-corrected chi connectivity index (χ3v) is 3.77. The molecule has 0 spiro atoms. The number of nitrogens with zero attached hydrogens (tertiary/aromatic N) is 3. The van der Waals surface area contributed by atoms with Crippen LogP contribution in [0.15, 0.2) is 36.4 Å². The summed E-state index contributed by atoms with van der Waals surface area (Å²) in [6.07, 6.45) is -1.45. The zero-order valence-corrected chi connectivity index (χ0v) is 12.9. The van der Waals surface area contributed by atoms with Gasteiger partial charge in [0.05, 0.1) is 0 Å². The van der Waals surface area contributed by atoms with Crippen LogP contribution in [0.5, 0.6) is 0 Å². The summed E-state index contributed by atoms with van der Waals surface area (Å²) in [5.41, 5.74) is -0.116. The van der Waals surface area contributed by atoms with Gasteiger partial charge in [0.15, 0.2) is 11.5 Å². The number of hydrogen-bond acceptors (Lipinski definition) is 4. The molecule has 3 rings (SSSR count). The molecular formula is C17H17F3N4. The van der Waals surface area contributed by atoms with E-state index in [1.165, 1.54) is 12.1 Å². The van der Waals surface area contributed by atoms with E-state index in [1.54, 1.807) is 6.08 Å². The highest BCUT2D eigenvalue weighted by atomic mass is 19.4. The van der Waals surface area contributed by atoms with Crippen LogP contribution < -0.4 is 10.2 Å². The van der Waals surface area contributed by atoms with Crippen molar-refractivity contribution in [1.82, 2.24) is 15.5 Å². The lowest BCUT2D eigenvalue weighted by Gasteiger charge is -2.28. The topological polar surface area (TPSA) is 41.1 Å². The lowest BCUT2D eigenvalue weighted by molar-refractivity contribution is -0.141. The maximum atomic E-state index is 13.2. The number of aromatic nitrogens is 2. The van der Waals surface area contributed by atoms with Gasteiger partial charge in [0.25, 0.3) is 0 Å². The van der Waals surface area contributed by atoms with Crippen LogP contribution in [-0.2, 0) is 6.18 Å². The first kappa shape index (κ1) is 16.4. The normalized spacial score (nSPS) is 15.9. The number of nitrogens with one attached hydrogen (secondary N) is 1. The molecule has 4 nitrogen and oxygen atoms in total. The van der Waals surface area contributed by atoms with Crippen molar-refractivity contribution >= 4 is 18.0 Å². The van der Waals surface area contributed by atoms with E-state index in [0.717, 1.165) is 18.7 Å². The lowest BCUT2D eigenvalue weighted by atomic mass is 10.1. The van der Waals surface area contributed by atoms with Crippen molar-refractivity contribution in [1.29, 1.82) is 0 Å². The van der Waals surface area contributed by atoms with Gasteiger partial charge in [0.1, 0.15) is 0 Å². The van der Waals surface area contributed by atoms with Gasteiger partial charge in [0.2, 0.25) is 0 Å². The van der Waals surface area contributed by atoms with E-state index in [2.05, 4.69) is 15.5 Å². The standard InChI is InChI=1S/C17H17F3N4/c18-17(19,20)16-14(7-6-13-4-2-1-3-5-13)12-15(22-23-16)24-10-8-21-9-11-24/h1-7,12,21H,8-11H2/b7-6+. The zero-order valence-electron chi connectivity index (χ0n) is 12.9. The first-order valence-electron chi connectivity index (χ1n) is 7.68. The summed E-state index contributed by atoms with van der Waals surface area (Å²) in [5, 5.41) is 10.4. The summed E-state index contributed by atoms with van der Waals surface area (Å²) < 4.78 is 39.6. The molecule has 2 heterocycles. The average molecular weight is 334 g/mol. The summed E-state index contributed by atoms with van der Waals surface area (Å²) in [4.78, 5) is 1.93. The van der Waals surface area contributed by atoms with Crippen molar-refractivity contribution in [2.24, 2.45) is 0 Å². The second kappa shape index (κ2) is 7.00. The van der Waals surface area contributed by atoms with E-state index in [1.807, 2.05) is 35.2 Å². The highest BCUT2D eigenvalue weighted by molar-refractivity contribution is 5.72. The molecule has 0 amide bonds. The number of halogens is 3. The van der Waals surface area contributed by atoms with Gasteiger partial charge in [0, 0.05) is 31.7 Å². The highest BCUT2D eigenvalue weighted by Crippen LogP contribution is 2.32. The summed E-state index contributed by atoms with van der Waals surface area (Å²) >= 11 is 0. The molecule has 0 unspecified atom stereocenters. The first-order chi connectivity index (χ1) is 11.5. The molecule has 1 aliphatic rings. The minimum absolute atomic E-state index is 0.0230. The number of anilines is 1. The van der Waals surface area contributed by atoms with Crippen LogP contribution in [0, 0.1) is 0 Å². The second-order valence-electron chi connectivity index (χ2n) is 5.49. The molecule has 1 aromatic carbocycles. The number of alkyl halides is 3. The van der Waals surface area contributed by atoms with E-state index in [4.69, 9.17) is 0 Å². The Labute approximate surface area is 138 Å². The first-order valence-corrected chi connectivity index (χ1v) is 7.68. The summed E-state index contributed by atoms with van der Waals surface area (Å²) in [7, 11) is 0. The van der Waals surface area contributed by atoms with E-state index in [9.17, 15) is 13.2 Å². The third-order valence-electron chi connectivity index (χ3n) is 3.77. The molecule has 126 valence electrons. The maximum Gasteiger partial charge on any atom is 0.435 e. The van der Waals surface area contributed by atoms with Crippen LogP contribution in [0.25, 0.3) is 12.2 Å². The molecule has 7 heteroatoms. The minimum Gasteiger partial charge on any atom is -0.353 e. The molecule has 0 aliphatic carbocycles. The fourth-order valence-corrected chi connectivity index (χ4v) is 2.54. The van der Waals surface area contributed by atoms with Crippen LogP contribution >= 0.6 is 0 Å². The van der Waals surface area contributed by atoms with Gasteiger partial charge < -0.3 is 10.2 Å². The molecule has 24 heavy (non-hydrogen) atoms. The van der Waals surface area contributed by atoms with E-state index >= 15 is 0 Å². The van der Waals surface area contributed by atoms with Crippen molar-refractivity contribution in [2.45, 2.75) is 6.18 Å². The Morgan fingerprint density at radius 2 is 1.71 bits per heavy atom. The Kier molecular flexibility index (Phi) is 4.80. The Morgan fingerprint density at radius 1 is 1.00 bits per heavy atom. The van der Waals surface area contributed by atoms with Crippen molar-refractivity contribution in [2.75, 3.05) is 31.1 Å². The summed E-state index contributed by atoms with van der Waals surface area (Å²) in [6, 6.07) is 10.6. The quantitative estimate of drug-likeness (QED) is 0.937. The highest BCUT2D eigenvalue weighted by Gasteiger charge is 2.36. The van der Waals surface area contributed by atoms with Gasteiger partial charge in [-0.25, -0.2) is 0 Å². The van der Waals surface area contributed by atoms with E-state index in [0.29, 0.717) is 18.9 Å². The molecule has 2 aromatic rings. The van der Waals surface area contributed by atoms with Crippen molar-refractivity contribution in [3.63, 3.8) is 0 Å². The van der Waals surface area contributed by atoms with Crippen LogP contribution in [0.2, 0.25) is 0 Å². The SMILES string of the molecule is FC(F)(F)c1nnc(N2CCNCC2)cc1/C=C/c1ccccc1. The van der Waals surface area contributed by atoms with Crippen LogP contribution in [0.4, 0.5) is 19.0 Å². The Morgan fingerprint density at radius 3 is 2.38 bits per heavy atom. The lowest BCUT2D eigenvalue weighted by Crippen LogP contribution is -2.44. The number of benzene rings is 1. The van der Waals surface area contributed by atoms with Crippen LogP contribution in [-0.4, -0.2) is 36.4 Å². The van der Waals surface area contributed by atoms with Gasteiger partial charge in [-0.05, 0) is 11.6 Å². The number of piperazine rings is 1. The van der Waals surface area contributed by atoms with E-state index < -0.39 is 11.9 Å². The minimum atomic E-state index is -4.54. The van der Waals surface area contributed by atoms with Gasteiger partial charge >= 0.3 is 6.18 Å². The number of hydrogen-bond donors (Lipinski definition) is 1. The molecule has 1 fully saturated rings. The van der Waals surface area contributed by atoms with Gasteiger partial charge in [-0.3, -0.25) is 0 Å². The average Bonchev–Trinajstić information content (AvgIpc) is 2.60. The smallest absolute Gasteiger partial charge is 0.353 e. The van der Waals surface area contributed by atoms with Crippen molar-refractivity contribution in [3.8, 4) is 0 Å². The van der Waals surface area contributed by atoms with Gasteiger partial charge in [-0.1, -0.05) is 42.5 Å². The predicted molar refractivity (Wildman–Crippen MR) is 87.5 cm³/mol. The van der Waals surface area contributed by atoms with Crippen LogP contribution in [0.1, 0.15) is 16.8 Å². The maximum absolute atomic E-state index is 13.2. The predicted octanol–water partition coefficient (Wildman–Crippen LogP) is 3.08. The number of rotatable bonds is 3. The Hall–Kier alpha value is -2.41. The largest absolute Gasteiger partial charge is 0.435 e. The fraction of sp³-hybridized carbons (Fsp3) is 0.294. The Bertz CT molecular complexity index is 708. The molecule has 1 aliphatic heterocycles. The molecule has 0 saturated carbocycles. The molecule has 1 saturated heterocycles. The third kappa shape index (κ3) is 3.91. The van der Waals surface area contributed by atoms with E-state index in [-0.39, 0.29) is 5.56 Å². The Balaban J connectivity index is 1.95. The second-order valence-corrected chi connectivity index (χ2v) is 5.49. The monoisotopic (exact) mass is 334 g/mol. The molecule has 0 bridgehead atoms. The molecule has 0 radical (unpaired) electrons. The molecule has 1 N–H and O–H groups in total. The van der Waals surface area contributed by atoms with Crippen molar-refractivity contribution < 1.29 is 13.2 Å². The molecule has 0 atom stereocenters. The van der Waals surface area contributed by atoms with Crippen LogP contribution in [0.3, 0.4) is 0 Å². The van der Waals surface area contributed by atoms with Crippen molar-refractivity contribution in [3.05, 3.63) is 53.2 Å². The molecule has 1 aromatic heterocycles. The zero-order chi connectivity index (χ0) is 17.0. The summed E-state index contributed by atoms with van der Waals surface area (Å²) in [6.45, 7) is 2.94. The fourth-order valence-electron chi connectivity index (χ4n) is 2.54. The summed E-state index contributed by atoms with van der Waals surface area (Å²) in [5.74, 6) is 0.470. The van der Waals surface area contributed by atoms with Gasteiger partial charge in [-0.15, -0.1) is 10.2 Å². The molecular weight excluding hydrogens is 317 g/mol. The van der Waals surface area contributed by atoms with Gasteiger partial charge in [-0.2, -0.15) is 13.2 Å².